The van der Waals surface area contributed by atoms with Crippen LogP contribution in [0.4, 0.5) is 0 Å². The van der Waals surface area contributed by atoms with Crippen LogP contribution in [0.1, 0.15) is 40.0 Å². The zero-order chi connectivity index (χ0) is 7.28. The third-order valence-electron chi connectivity index (χ3n) is 1.59. The van der Waals surface area contributed by atoms with Crippen molar-refractivity contribution in [2.24, 2.45) is 5.92 Å². The molecule has 55 valence electrons. The van der Waals surface area contributed by atoms with Gasteiger partial charge in [0.2, 0.25) is 0 Å². The summed E-state index contributed by atoms with van der Waals surface area (Å²) in [6, 6.07) is 0. The molecule has 1 radical (unpaired) electrons. The normalized spacial score (nSPS) is 14.3. The van der Waals surface area contributed by atoms with Gasteiger partial charge >= 0.3 is 0 Å². The van der Waals surface area contributed by atoms with Crippen LogP contribution in [-0.2, 0) is 0 Å². The summed E-state index contributed by atoms with van der Waals surface area (Å²) in [4.78, 5) is 0. The van der Waals surface area contributed by atoms with E-state index in [0.29, 0.717) is 0 Å². The van der Waals surface area contributed by atoms with E-state index in [1.807, 2.05) is 0 Å². The first kappa shape index (κ1) is 9.73. The van der Waals surface area contributed by atoms with E-state index < -0.39 is 0 Å². The van der Waals surface area contributed by atoms with Crippen LogP contribution in [0, 0.1) is 9.84 Å². The summed E-state index contributed by atoms with van der Waals surface area (Å²) in [7, 11) is 0. The predicted molar refractivity (Wildman–Crippen MR) is 51.6 cm³/mol. The molecule has 0 spiro atoms. The van der Waals surface area contributed by atoms with Gasteiger partial charge in [-0.3, -0.25) is 0 Å². The summed E-state index contributed by atoms with van der Waals surface area (Å²) < 4.78 is 1.62. The Labute approximate surface area is 72.6 Å². The highest BCUT2D eigenvalue weighted by atomic mass is 127. The molecule has 0 N–H and O–H groups in total. The van der Waals surface area contributed by atoms with Gasteiger partial charge in [0.25, 0.3) is 0 Å². The zero-order valence-corrected chi connectivity index (χ0v) is 8.73. The lowest BCUT2D eigenvalue weighted by Crippen LogP contribution is -2.00. The minimum Gasteiger partial charge on any atom is -0.0771 e. The lowest BCUT2D eigenvalue weighted by atomic mass is 10.0. The molecule has 0 fully saturated rings. The molecule has 0 aromatic carbocycles. The number of hydrogen-bond donors (Lipinski definition) is 0. The number of halogens is 1. The second-order valence-corrected chi connectivity index (χ2v) is 3.88. The second-order valence-electron chi connectivity index (χ2n) is 2.49. The molecule has 1 heteroatoms. The fourth-order valence-electron chi connectivity index (χ4n) is 0.938. The summed E-state index contributed by atoms with van der Waals surface area (Å²) in [6.07, 6.45) is 3.90. The molecule has 0 aliphatic rings. The maximum absolute atomic E-state index is 2.47. The van der Waals surface area contributed by atoms with Gasteiger partial charge in [0.1, 0.15) is 0 Å². The van der Waals surface area contributed by atoms with Gasteiger partial charge in [-0.2, -0.15) is 0 Å². The Kier molecular flexibility index (Phi) is 5.96. The second kappa shape index (κ2) is 5.51. The van der Waals surface area contributed by atoms with Crippen LogP contribution in [0.2, 0.25) is 0 Å². The van der Waals surface area contributed by atoms with Crippen LogP contribution in [0.5, 0.6) is 0 Å². The van der Waals surface area contributed by atoms with Crippen LogP contribution >= 0.6 is 22.6 Å². The molecule has 0 bridgehead atoms. The summed E-state index contributed by atoms with van der Waals surface area (Å²) >= 11 is 2.47. The highest BCUT2D eigenvalue weighted by Crippen LogP contribution is 2.28. The molecule has 0 amide bonds. The van der Waals surface area contributed by atoms with Gasteiger partial charge in [-0.25, -0.2) is 0 Å². The molecule has 0 saturated heterocycles. The van der Waals surface area contributed by atoms with Crippen molar-refractivity contribution in [3.63, 3.8) is 0 Å². The van der Waals surface area contributed by atoms with E-state index in [1.165, 1.54) is 19.3 Å². The Bertz CT molecular complexity index is 61.6. The monoisotopic (exact) mass is 239 g/mol. The summed E-state index contributed by atoms with van der Waals surface area (Å²) in [5.74, 6) is 0.834. The van der Waals surface area contributed by atoms with Crippen LogP contribution in [-0.4, -0.2) is 0 Å². The maximum atomic E-state index is 2.47. The molecule has 0 aliphatic carbocycles. The molecule has 1 unspecified atom stereocenters. The smallest absolute Gasteiger partial charge is 0.0393 e. The molecule has 1 atom stereocenters. The highest BCUT2D eigenvalue weighted by molar-refractivity contribution is 14.1. The van der Waals surface area contributed by atoms with Crippen LogP contribution in [0.15, 0.2) is 0 Å². The van der Waals surface area contributed by atoms with Crippen molar-refractivity contribution >= 4 is 22.6 Å². The predicted octanol–water partition coefficient (Wildman–Crippen LogP) is 3.80. The van der Waals surface area contributed by atoms with E-state index in [2.05, 4.69) is 43.4 Å². The van der Waals surface area contributed by atoms with Crippen molar-refractivity contribution in [2.75, 3.05) is 0 Å². The van der Waals surface area contributed by atoms with E-state index in [9.17, 15) is 0 Å². The zero-order valence-electron chi connectivity index (χ0n) is 6.58. The Hall–Kier alpha value is 0.730. The molecule has 0 aliphatic heterocycles. The van der Waals surface area contributed by atoms with Crippen molar-refractivity contribution in [3.8, 4) is 0 Å². The molecule has 0 aromatic heterocycles. The summed E-state index contributed by atoms with van der Waals surface area (Å²) in [5.41, 5.74) is 0. The first-order chi connectivity index (χ1) is 4.22. The van der Waals surface area contributed by atoms with Crippen molar-refractivity contribution in [1.82, 2.24) is 0 Å². The molecule has 0 aromatic rings. The quantitative estimate of drug-likeness (QED) is 0.654. The maximum Gasteiger partial charge on any atom is 0.0393 e. The first-order valence-corrected chi connectivity index (χ1v) is 4.81. The van der Waals surface area contributed by atoms with Gasteiger partial charge in [-0.15, -0.1) is 0 Å². The Morgan fingerprint density at radius 3 is 2.33 bits per heavy atom. The van der Waals surface area contributed by atoms with Gasteiger partial charge < -0.3 is 0 Å². The highest BCUT2D eigenvalue weighted by Gasteiger charge is 2.10. The SMILES string of the molecule is CCCC(C)[C](I)CC. The first-order valence-electron chi connectivity index (χ1n) is 3.73. The Morgan fingerprint density at radius 1 is 1.44 bits per heavy atom. The summed E-state index contributed by atoms with van der Waals surface area (Å²) in [5, 5.41) is 0. The van der Waals surface area contributed by atoms with E-state index in [0.717, 1.165) is 5.92 Å². The van der Waals surface area contributed by atoms with E-state index in [1.54, 1.807) is 3.92 Å². The third-order valence-corrected chi connectivity index (χ3v) is 3.42. The van der Waals surface area contributed by atoms with Crippen molar-refractivity contribution in [1.29, 1.82) is 0 Å². The van der Waals surface area contributed by atoms with Gasteiger partial charge in [0.15, 0.2) is 0 Å². The molecular weight excluding hydrogens is 223 g/mol. The molecule has 9 heavy (non-hydrogen) atoms. The Morgan fingerprint density at radius 2 is 2.00 bits per heavy atom. The van der Waals surface area contributed by atoms with Gasteiger partial charge in [0, 0.05) is 3.92 Å². The molecule has 0 rings (SSSR count). The molecule has 0 nitrogen and oxygen atoms in total. The van der Waals surface area contributed by atoms with E-state index in [4.69, 9.17) is 0 Å². The lowest BCUT2D eigenvalue weighted by Gasteiger charge is -2.13. The Balaban J connectivity index is 3.32. The average Bonchev–Trinajstić information content (AvgIpc) is 1.87. The molecule has 0 saturated carbocycles. The standard InChI is InChI=1S/C8H16I/c1-4-6-7(3)8(9)5-2/h7H,4-6H2,1-3H3. The van der Waals surface area contributed by atoms with Crippen molar-refractivity contribution < 1.29 is 0 Å². The van der Waals surface area contributed by atoms with Crippen molar-refractivity contribution in [2.45, 2.75) is 40.0 Å². The third kappa shape index (κ3) is 4.18. The van der Waals surface area contributed by atoms with Gasteiger partial charge in [0.05, 0.1) is 0 Å². The van der Waals surface area contributed by atoms with E-state index >= 15 is 0 Å². The van der Waals surface area contributed by atoms with Crippen LogP contribution in [0.3, 0.4) is 0 Å². The molecular formula is C8H16I. The van der Waals surface area contributed by atoms with Crippen LogP contribution < -0.4 is 0 Å². The fourth-order valence-corrected chi connectivity index (χ4v) is 1.25. The number of rotatable bonds is 4. The molecule has 0 heterocycles. The van der Waals surface area contributed by atoms with Crippen molar-refractivity contribution in [3.05, 3.63) is 3.92 Å². The number of hydrogen-bond acceptors (Lipinski definition) is 0. The topological polar surface area (TPSA) is 0 Å². The summed E-state index contributed by atoms with van der Waals surface area (Å²) in [6.45, 7) is 6.79. The minimum absolute atomic E-state index is 0.834. The average molecular weight is 239 g/mol. The van der Waals surface area contributed by atoms with Gasteiger partial charge in [-0.05, 0) is 18.8 Å². The van der Waals surface area contributed by atoms with Crippen LogP contribution in [0.25, 0.3) is 0 Å². The van der Waals surface area contributed by atoms with Gasteiger partial charge in [-0.1, -0.05) is 49.8 Å². The minimum atomic E-state index is 0.834. The largest absolute Gasteiger partial charge is 0.0771 e. The van der Waals surface area contributed by atoms with E-state index in [-0.39, 0.29) is 0 Å². The lowest BCUT2D eigenvalue weighted by molar-refractivity contribution is 0.572. The fraction of sp³-hybridized carbons (Fsp3) is 0.875.